The Morgan fingerprint density at radius 3 is 2.58 bits per heavy atom. The van der Waals surface area contributed by atoms with Gasteiger partial charge in [-0.3, -0.25) is 0 Å². The van der Waals surface area contributed by atoms with Gasteiger partial charge in [0.15, 0.2) is 0 Å². The van der Waals surface area contributed by atoms with Gasteiger partial charge in [0.25, 0.3) is 0 Å². The molecule has 3 rings (SSSR count). The number of esters is 1. The van der Waals surface area contributed by atoms with E-state index in [1.807, 2.05) is 18.2 Å². The van der Waals surface area contributed by atoms with Gasteiger partial charge >= 0.3 is 5.97 Å². The molecule has 0 saturated carbocycles. The van der Waals surface area contributed by atoms with E-state index in [4.69, 9.17) is 25.8 Å². The average Bonchev–Trinajstić information content (AvgIpc) is 2.97. The lowest BCUT2D eigenvalue weighted by atomic mass is 10.1. The second-order valence-corrected chi connectivity index (χ2v) is 5.49. The minimum atomic E-state index is -0.435. The van der Waals surface area contributed by atoms with E-state index in [1.54, 1.807) is 50.6 Å². The van der Waals surface area contributed by atoms with E-state index in [1.165, 1.54) is 0 Å². The molecule has 122 valence electrons. The zero-order chi connectivity index (χ0) is 17.1. The zero-order valence-corrected chi connectivity index (χ0v) is 14.0. The molecule has 0 radical (unpaired) electrons. The molecule has 4 nitrogen and oxygen atoms in total. The van der Waals surface area contributed by atoms with Gasteiger partial charge in [0, 0.05) is 5.02 Å². The van der Waals surface area contributed by atoms with Crippen molar-refractivity contribution in [2.75, 3.05) is 14.2 Å². The molecular weight excluding hydrogens is 328 g/mol. The van der Waals surface area contributed by atoms with E-state index in [0.717, 1.165) is 5.56 Å². The highest BCUT2D eigenvalue weighted by Gasteiger charge is 2.24. The molecule has 0 aliphatic carbocycles. The molecule has 0 bridgehead atoms. The van der Waals surface area contributed by atoms with E-state index in [9.17, 15) is 4.79 Å². The van der Waals surface area contributed by atoms with Crippen molar-refractivity contribution < 1.29 is 19.0 Å². The smallest absolute Gasteiger partial charge is 0.343 e. The van der Waals surface area contributed by atoms with Crippen LogP contribution in [0.25, 0.3) is 11.8 Å². The van der Waals surface area contributed by atoms with Gasteiger partial charge in [-0.1, -0.05) is 29.8 Å². The normalized spacial score (nSPS) is 15.2. The van der Waals surface area contributed by atoms with Gasteiger partial charge in [0.2, 0.25) is 0 Å². The van der Waals surface area contributed by atoms with E-state index >= 15 is 0 Å². The van der Waals surface area contributed by atoms with Crippen LogP contribution < -0.4 is 9.47 Å². The molecular formula is C19H15ClO4. The SMILES string of the molecule is COc1ccc(OC)c(C2=CC(=Cc3ccccc3Cl)C(=O)O2)c1. The summed E-state index contributed by atoms with van der Waals surface area (Å²) in [6, 6.07) is 12.6. The summed E-state index contributed by atoms with van der Waals surface area (Å²) in [5.41, 5.74) is 1.82. The van der Waals surface area contributed by atoms with Gasteiger partial charge in [0.05, 0.1) is 25.4 Å². The first-order valence-corrected chi connectivity index (χ1v) is 7.62. The molecule has 0 aromatic heterocycles. The maximum atomic E-state index is 12.2. The van der Waals surface area contributed by atoms with Crippen molar-refractivity contribution >= 4 is 29.4 Å². The topological polar surface area (TPSA) is 44.8 Å². The molecule has 24 heavy (non-hydrogen) atoms. The number of carbonyl (C=O) groups is 1. The highest BCUT2D eigenvalue weighted by molar-refractivity contribution is 6.32. The number of benzene rings is 2. The Hall–Kier alpha value is -2.72. The fraction of sp³-hybridized carbons (Fsp3) is 0.105. The van der Waals surface area contributed by atoms with Gasteiger partial charge in [-0.15, -0.1) is 0 Å². The van der Waals surface area contributed by atoms with Crippen LogP contribution in [0.1, 0.15) is 11.1 Å². The van der Waals surface area contributed by atoms with Crippen molar-refractivity contribution in [3.63, 3.8) is 0 Å². The van der Waals surface area contributed by atoms with Crippen molar-refractivity contribution in [2.24, 2.45) is 0 Å². The first-order valence-electron chi connectivity index (χ1n) is 7.25. The number of carbonyl (C=O) groups excluding carboxylic acids is 1. The summed E-state index contributed by atoms with van der Waals surface area (Å²) in [5.74, 6) is 1.21. The minimum Gasteiger partial charge on any atom is -0.497 e. The van der Waals surface area contributed by atoms with E-state index in [-0.39, 0.29) is 0 Å². The average molecular weight is 343 g/mol. The highest BCUT2D eigenvalue weighted by atomic mass is 35.5. The second-order valence-electron chi connectivity index (χ2n) is 5.09. The maximum absolute atomic E-state index is 12.2. The minimum absolute atomic E-state index is 0.411. The van der Waals surface area contributed by atoms with Gasteiger partial charge in [0.1, 0.15) is 17.3 Å². The van der Waals surface area contributed by atoms with Gasteiger partial charge < -0.3 is 14.2 Å². The lowest BCUT2D eigenvalue weighted by Gasteiger charge is -2.10. The van der Waals surface area contributed by atoms with Crippen LogP contribution in [0.3, 0.4) is 0 Å². The Labute approximate surface area is 144 Å². The molecule has 1 heterocycles. The standard InChI is InChI=1S/C19H15ClO4/c1-22-14-7-8-17(23-2)15(11-14)18-10-13(19(21)24-18)9-12-5-3-4-6-16(12)20/h3-11H,1-2H3. The highest BCUT2D eigenvalue weighted by Crippen LogP contribution is 2.35. The third kappa shape index (κ3) is 3.14. The number of hydrogen-bond acceptors (Lipinski definition) is 4. The zero-order valence-electron chi connectivity index (χ0n) is 13.2. The number of halogens is 1. The molecule has 0 saturated heterocycles. The van der Waals surface area contributed by atoms with Crippen LogP contribution in [0.4, 0.5) is 0 Å². The number of ether oxygens (including phenoxy) is 3. The first-order chi connectivity index (χ1) is 11.6. The monoisotopic (exact) mass is 342 g/mol. The second kappa shape index (κ2) is 6.81. The first kappa shape index (κ1) is 16.1. The Morgan fingerprint density at radius 2 is 1.88 bits per heavy atom. The Bertz CT molecular complexity index is 852. The lowest BCUT2D eigenvalue weighted by Crippen LogP contribution is -1.99. The third-order valence-electron chi connectivity index (χ3n) is 3.61. The number of methoxy groups -OCH3 is 2. The van der Waals surface area contributed by atoms with Crippen molar-refractivity contribution in [2.45, 2.75) is 0 Å². The molecule has 2 aromatic carbocycles. The molecule has 0 amide bonds. The van der Waals surface area contributed by atoms with Crippen molar-refractivity contribution in [3.05, 3.63) is 70.3 Å². The number of rotatable bonds is 4. The largest absolute Gasteiger partial charge is 0.497 e. The van der Waals surface area contributed by atoms with Crippen LogP contribution in [0, 0.1) is 0 Å². The van der Waals surface area contributed by atoms with Gasteiger partial charge in [-0.25, -0.2) is 4.79 Å². The third-order valence-corrected chi connectivity index (χ3v) is 3.96. The summed E-state index contributed by atoms with van der Waals surface area (Å²) in [6.45, 7) is 0. The quantitative estimate of drug-likeness (QED) is 0.612. The van der Waals surface area contributed by atoms with Crippen LogP contribution in [-0.2, 0) is 9.53 Å². The van der Waals surface area contributed by atoms with Gasteiger partial charge in [-0.2, -0.15) is 0 Å². The van der Waals surface area contributed by atoms with Crippen LogP contribution in [0.2, 0.25) is 5.02 Å². The number of cyclic esters (lactones) is 1. The Balaban J connectivity index is 2.02. The van der Waals surface area contributed by atoms with Crippen molar-refractivity contribution in [1.82, 2.24) is 0 Å². The predicted molar refractivity (Wildman–Crippen MR) is 93.0 cm³/mol. The molecule has 5 heteroatoms. The lowest BCUT2D eigenvalue weighted by molar-refractivity contribution is -0.130. The fourth-order valence-corrected chi connectivity index (χ4v) is 2.58. The molecule has 1 aliphatic rings. The van der Waals surface area contributed by atoms with Gasteiger partial charge in [-0.05, 0) is 42.0 Å². The fourth-order valence-electron chi connectivity index (χ4n) is 2.39. The Morgan fingerprint density at radius 1 is 1.08 bits per heavy atom. The molecule has 0 fully saturated rings. The summed E-state index contributed by atoms with van der Waals surface area (Å²) in [7, 11) is 3.13. The summed E-state index contributed by atoms with van der Waals surface area (Å²) in [6.07, 6.45) is 3.37. The Kier molecular flexibility index (Phi) is 4.58. The van der Waals surface area contributed by atoms with Crippen molar-refractivity contribution in [1.29, 1.82) is 0 Å². The van der Waals surface area contributed by atoms with E-state index in [2.05, 4.69) is 0 Å². The predicted octanol–water partition coefficient (Wildman–Crippen LogP) is 4.34. The number of hydrogen-bond donors (Lipinski definition) is 0. The summed E-state index contributed by atoms with van der Waals surface area (Å²) >= 11 is 6.14. The summed E-state index contributed by atoms with van der Waals surface area (Å²) in [4.78, 5) is 12.2. The molecule has 0 spiro atoms. The van der Waals surface area contributed by atoms with Crippen LogP contribution in [0.15, 0.2) is 54.1 Å². The molecule has 0 atom stereocenters. The van der Waals surface area contributed by atoms with Crippen LogP contribution in [-0.4, -0.2) is 20.2 Å². The van der Waals surface area contributed by atoms with Crippen LogP contribution in [0.5, 0.6) is 11.5 Å². The van der Waals surface area contributed by atoms with E-state index in [0.29, 0.717) is 33.4 Å². The van der Waals surface area contributed by atoms with E-state index < -0.39 is 5.97 Å². The van der Waals surface area contributed by atoms with Crippen LogP contribution >= 0.6 is 11.6 Å². The maximum Gasteiger partial charge on any atom is 0.343 e. The molecule has 2 aromatic rings. The molecule has 1 aliphatic heterocycles. The molecule has 0 unspecified atom stereocenters. The summed E-state index contributed by atoms with van der Waals surface area (Å²) < 4.78 is 15.9. The van der Waals surface area contributed by atoms with Crippen molar-refractivity contribution in [3.8, 4) is 11.5 Å². The summed E-state index contributed by atoms with van der Waals surface area (Å²) in [5, 5.41) is 0.568. The molecule has 0 N–H and O–H groups in total.